The number of nitrogens with zero attached hydrogens (tertiary/aromatic N) is 7. The number of anilines is 3. The van der Waals surface area contributed by atoms with Crippen LogP contribution in [-0.2, 0) is 0 Å². The average Bonchev–Trinajstić information content (AvgIpc) is 2.74. The minimum absolute atomic E-state index is 0.0414. The highest BCUT2D eigenvalue weighted by atomic mass is 16.6. The second-order valence-electron chi connectivity index (χ2n) is 6.22. The van der Waals surface area contributed by atoms with Crippen molar-refractivity contribution in [2.75, 3.05) is 41.4 Å². The molecule has 0 atom stereocenters. The molecule has 0 saturated carbocycles. The normalized spacial score (nSPS) is 11.3. The van der Waals surface area contributed by atoms with Gasteiger partial charge < -0.3 is 9.80 Å². The first kappa shape index (κ1) is 22.0. The summed E-state index contributed by atoms with van der Waals surface area (Å²) in [4.78, 5) is 28.1. The fourth-order valence-corrected chi connectivity index (χ4v) is 2.72. The van der Waals surface area contributed by atoms with Crippen LogP contribution in [0.3, 0.4) is 0 Å². The van der Waals surface area contributed by atoms with Gasteiger partial charge in [-0.25, -0.2) is 5.43 Å². The molecule has 10 nitrogen and oxygen atoms in total. The van der Waals surface area contributed by atoms with Gasteiger partial charge in [-0.1, -0.05) is 0 Å². The van der Waals surface area contributed by atoms with Gasteiger partial charge in [-0.2, -0.15) is 20.1 Å². The van der Waals surface area contributed by atoms with Gasteiger partial charge >= 0.3 is 0 Å². The minimum atomic E-state index is -0.428. The SMILES string of the molecule is CCN(CC)c1nc(N/N=C(\C)c2ccc([N+](=O)[O-])cc2)nc(N(CC)CC)n1. The van der Waals surface area contributed by atoms with Crippen LogP contribution in [-0.4, -0.2) is 51.8 Å². The van der Waals surface area contributed by atoms with E-state index < -0.39 is 4.92 Å². The Morgan fingerprint density at radius 3 is 1.86 bits per heavy atom. The molecule has 0 aliphatic heterocycles. The summed E-state index contributed by atoms with van der Waals surface area (Å²) in [6.45, 7) is 13.1. The molecule has 29 heavy (non-hydrogen) atoms. The van der Waals surface area contributed by atoms with Crippen molar-refractivity contribution in [1.29, 1.82) is 0 Å². The van der Waals surface area contributed by atoms with E-state index >= 15 is 0 Å². The molecule has 0 spiro atoms. The summed E-state index contributed by atoms with van der Waals surface area (Å²) in [5.41, 5.74) is 4.38. The van der Waals surface area contributed by atoms with Crippen molar-refractivity contribution in [2.24, 2.45) is 5.10 Å². The van der Waals surface area contributed by atoms with Crippen molar-refractivity contribution in [3.05, 3.63) is 39.9 Å². The van der Waals surface area contributed by atoms with E-state index in [4.69, 9.17) is 0 Å². The Morgan fingerprint density at radius 1 is 0.966 bits per heavy atom. The highest BCUT2D eigenvalue weighted by Gasteiger charge is 2.14. The Bertz CT molecular complexity index is 816. The topological polar surface area (TPSA) is 113 Å². The molecule has 0 amide bonds. The third kappa shape index (κ3) is 5.59. The van der Waals surface area contributed by atoms with Crippen LogP contribution in [0, 0.1) is 10.1 Å². The van der Waals surface area contributed by atoms with Gasteiger partial charge in [0.25, 0.3) is 5.69 Å². The molecule has 10 heteroatoms. The average molecular weight is 400 g/mol. The summed E-state index contributed by atoms with van der Waals surface area (Å²) < 4.78 is 0. The Labute approximate surface area is 170 Å². The van der Waals surface area contributed by atoms with Crippen LogP contribution in [0.25, 0.3) is 0 Å². The summed E-state index contributed by atoms with van der Waals surface area (Å²) in [7, 11) is 0. The van der Waals surface area contributed by atoms with Gasteiger partial charge in [-0.15, -0.1) is 0 Å². The zero-order valence-electron chi connectivity index (χ0n) is 17.6. The van der Waals surface area contributed by atoms with Crippen LogP contribution in [0.5, 0.6) is 0 Å². The van der Waals surface area contributed by atoms with Gasteiger partial charge in [0, 0.05) is 38.3 Å². The third-order valence-electron chi connectivity index (χ3n) is 4.52. The number of nitrogens with one attached hydrogen (secondary N) is 1. The third-order valence-corrected chi connectivity index (χ3v) is 4.52. The van der Waals surface area contributed by atoms with E-state index in [9.17, 15) is 10.1 Å². The van der Waals surface area contributed by atoms with Crippen LogP contribution >= 0.6 is 0 Å². The van der Waals surface area contributed by atoms with Gasteiger partial charge in [-0.3, -0.25) is 10.1 Å². The minimum Gasteiger partial charge on any atom is -0.341 e. The fourth-order valence-electron chi connectivity index (χ4n) is 2.72. The largest absolute Gasteiger partial charge is 0.341 e. The molecule has 0 radical (unpaired) electrons. The fraction of sp³-hybridized carbons (Fsp3) is 0.474. The van der Waals surface area contributed by atoms with Crippen molar-refractivity contribution in [1.82, 2.24) is 15.0 Å². The smallest absolute Gasteiger partial charge is 0.269 e. The molecule has 0 aliphatic carbocycles. The highest BCUT2D eigenvalue weighted by molar-refractivity contribution is 5.99. The van der Waals surface area contributed by atoms with Crippen LogP contribution in [0.1, 0.15) is 40.2 Å². The number of benzene rings is 1. The number of aromatic nitrogens is 3. The zero-order chi connectivity index (χ0) is 21.4. The lowest BCUT2D eigenvalue weighted by Gasteiger charge is -2.23. The maximum atomic E-state index is 10.8. The van der Waals surface area contributed by atoms with E-state index in [1.807, 2.05) is 44.4 Å². The molecule has 0 fully saturated rings. The molecular formula is C19H28N8O2. The van der Waals surface area contributed by atoms with Gasteiger partial charge in [0.05, 0.1) is 10.6 Å². The molecule has 2 rings (SSSR count). The molecule has 1 heterocycles. The van der Waals surface area contributed by atoms with Crippen molar-refractivity contribution in [2.45, 2.75) is 34.6 Å². The molecule has 0 bridgehead atoms. The lowest BCUT2D eigenvalue weighted by Crippen LogP contribution is -2.29. The first-order chi connectivity index (χ1) is 13.9. The first-order valence-electron chi connectivity index (χ1n) is 9.74. The monoisotopic (exact) mass is 400 g/mol. The van der Waals surface area contributed by atoms with E-state index in [2.05, 4.69) is 25.5 Å². The highest BCUT2D eigenvalue weighted by Crippen LogP contribution is 2.17. The molecule has 0 aliphatic rings. The van der Waals surface area contributed by atoms with E-state index in [0.717, 1.165) is 31.7 Å². The summed E-state index contributed by atoms with van der Waals surface area (Å²) in [5, 5.41) is 15.1. The van der Waals surface area contributed by atoms with Crippen molar-refractivity contribution < 1.29 is 4.92 Å². The standard InChI is InChI=1S/C19H28N8O2/c1-6-25(7-2)18-20-17(21-19(22-18)26(8-3)9-4)24-23-14(5)15-10-12-16(13-11-15)27(28)29/h10-13H,6-9H2,1-5H3,(H,20,21,22,24)/b23-14+. The summed E-state index contributed by atoms with van der Waals surface area (Å²) in [6, 6.07) is 6.23. The van der Waals surface area contributed by atoms with E-state index in [-0.39, 0.29) is 5.69 Å². The van der Waals surface area contributed by atoms with Gasteiger partial charge in [0.2, 0.25) is 17.8 Å². The quantitative estimate of drug-likeness (QED) is 0.367. The second-order valence-corrected chi connectivity index (χ2v) is 6.22. The predicted octanol–water partition coefficient (Wildman–Crippen LogP) is 3.31. The zero-order valence-corrected chi connectivity index (χ0v) is 17.6. The summed E-state index contributed by atoms with van der Waals surface area (Å²) in [6.07, 6.45) is 0. The second kappa shape index (κ2) is 10.3. The van der Waals surface area contributed by atoms with Crippen LogP contribution < -0.4 is 15.2 Å². The molecule has 1 aromatic carbocycles. The van der Waals surface area contributed by atoms with Gasteiger partial charge in [0.15, 0.2) is 0 Å². The van der Waals surface area contributed by atoms with Gasteiger partial charge in [-0.05, 0) is 52.3 Å². The number of nitro groups is 1. The van der Waals surface area contributed by atoms with Crippen molar-refractivity contribution in [3.63, 3.8) is 0 Å². The summed E-state index contributed by atoms with van der Waals surface area (Å²) >= 11 is 0. The molecule has 0 saturated heterocycles. The number of hydrogen-bond donors (Lipinski definition) is 1. The molecule has 0 unspecified atom stereocenters. The van der Waals surface area contributed by atoms with Gasteiger partial charge in [0.1, 0.15) is 0 Å². The maximum absolute atomic E-state index is 10.8. The number of hydrazone groups is 1. The molecule has 1 N–H and O–H groups in total. The first-order valence-corrected chi connectivity index (χ1v) is 9.74. The lowest BCUT2D eigenvalue weighted by molar-refractivity contribution is -0.384. The number of nitro benzene ring substituents is 1. The maximum Gasteiger partial charge on any atom is 0.269 e. The van der Waals surface area contributed by atoms with Crippen LogP contribution in [0.15, 0.2) is 29.4 Å². The molecule has 1 aromatic heterocycles. The Kier molecular flexibility index (Phi) is 7.81. The van der Waals surface area contributed by atoms with E-state index in [1.165, 1.54) is 12.1 Å². The molecule has 156 valence electrons. The lowest BCUT2D eigenvalue weighted by atomic mass is 10.1. The van der Waals surface area contributed by atoms with Crippen molar-refractivity contribution in [3.8, 4) is 0 Å². The van der Waals surface area contributed by atoms with Crippen LogP contribution in [0.2, 0.25) is 0 Å². The van der Waals surface area contributed by atoms with E-state index in [0.29, 0.717) is 23.6 Å². The Morgan fingerprint density at radius 2 is 1.45 bits per heavy atom. The number of hydrogen-bond acceptors (Lipinski definition) is 9. The summed E-state index contributed by atoms with van der Waals surface area (Å²) in [5.74, 6) is 1.54. The number of non-ortho nitro benzene ring substituents is 1. The van der Waals surface area contributed by atoms with Crippen LogP contribution in [0.4, 0.5) is 23.5 Å². The molecular weight excluding hydrogens is 372 g/mol. The Hall–Kier alpha value is -3.30. The Balaban J connectivity index is 2.31. The van der Waals surface area contributed by atoms with E-state index in [1.54, 1.807) is 12.1 Å². The predicted molar refractivity (Wildman–Crippen MR) is 116 cm³/mol. The number of rotatable bonds is 10. The van der Waals surface area contributed by atoms with Crippen molar-refractivity contribution >= 4 is 29.2 Å². The molecule has 2 aromatic rings.